The van der Waals surface area contributed by atoms with Gasteiger partial charge in [-0.2, -0.15) is 5.48 Å². The van der Waals surface area contributed by atoms with Crippen LogP contribution in [-0.4, -0.2) is 17.2 Å². The number of anilines is 1. The van der Waals surface area contributed by atoms with Crippen molar-refractivity contribution in [3.05, 3.63) is 11.1 Å². The molecule has 0 bridgehead atoms. The smallest absolute Gasteiger partial charge is 0.333 e. The summed E-state index contributed by atoms with van der Waals surface area (Å²) in [5, 5.41) is 0.447. The van der Waals surface area contributed by atoms with Crippen LogP contribution in [-0.2, 0) is 14.4 Å². The molecule has 1 heterocycles. The third-order valence-corrected chi connectivity index (χ3v) is 1.77. The number of aromatic nitrogens is 1. The molecule has 0 saturated heterocycles. The van der Waals surface area contributed by atoms with Gasteiger partial charge >= 0.3 is 5.97 Å². The van der Waals surface area contributed by atoms with Crippen molar-refractivity contribution in [2.75, 3.05) is 5.48 Å². The van der Waals surface area contributed by atoms with E-state index in [0.717, 1.165) is 4.88 Å². The molecule has 5 nitrogen and oxygen atoms in total. The van der Waals surface area contributed by atoms with Crippen LogP contribution in [0.1, 0.15) is 4.88 Å². The lowest BCUT2D eigenvalue weighted by Crippen LogP contribution is -2.10. The molecule has 0 atom stereocenters. The fourth-order valence-electron chi connectivity index (χ4n) is 0.520. The molecule has 0 aliphatic carbocycles. The van der Waals surface area contributed by atoms with Crippen LogP contribution in [0.15, 0.2) is 6.20 Å². The molecule has 0 aliphatic heterocycles. The first-order valence-electron chi connectivity index (χ1n) is 3.07. The summed E-state index contributed by atoms with van der Waals surface area (Å²) < 4.78 is 0. The summed E-state index contributed by atoms with van der Waals surface area (Å²) in [7, 11) is 0. The van der Waals surface area contributed by atoms with Gasteiger partial charge in [0.05, 0.1) is 0 Å². The SMILES string of the molecule is Cc1cnc(NOC(=O)C=O)s1. The van der Waals surface area contributed by atoms with Gasteiger partial charge in [-0.3, -0.25) is 4.79 Å². The number of thiazole rings is 1. The first-order valence-corrected chi connectivity index (χ1v) is 3.88. The lowest BCUT2D eigenvalue weighted by molar-refractivity contribution is -0.146. The number of aryl methyl sites for hydroxylation is 1. The van der Waals surface area contributed by atoms with Crippen LogP contribution < -0.4 is 5.48 Å². The number of hydrogen-bond donors (Lipinski definition) is 1. The molecule has 0 fully saturated rings. The first-order chi connectivity index (χ1) is 5.72. The second kappa shape index (κ2) is 3.82. The normalized spacial score (nSPS) is 9.08. The van der Waals surface area contributed by atoms with Gasteiger partial charge in [0.2, 0.25) is 11.4 Å². The standard InChI is InChI=1S/C6H6N2O3S/c1-4-2-7-6(12-4)8-11-5(10)3-9/h2-3H,1H3,(H,7,8). The van der Waals surface area contributed by atoms with E-state index in [-0.39, 0.29) is 6.29 Å². The predicted octanol–water partition coefficient (Wildman–Crippen LogP) is 0.521. The zero-order valence-electron chi connectivity index (χ0n) is 6.23. The van der Waals surface area contributed by atoms with E-state index in [0.29, 0.717) is 5.13 Å². The molecule has 0 aromatic carbocycles. The second-order valence-electron chi connectivity index (χ2n) is 1.92. The van der Waals surface area contributed by atoms with Crippen LogP contribution in [0, 0.1) is 6.92 Å². The van der Waals surface area contributed by atoms with Crippen LogP contribution in [0.3, 0.4) is 0 Å². The Balaban J connectivity index is 2.43. The maximum absolute atomic E-state index is 10.3. The van der Waals surface area contributed by atoms with Gasteiger partial charge in [-0.25, -0.2) is 9.78 Å². The molecular formula is C6H6N2O3S. The van der Waals surface area contributed by atoms with Crippen LogP contribution in [0.25, 0.3) is 0 Å². The van der Waals surface area contributed by atoms with Gasteiger partial charge in [-0.15, -0.1) is 0 Å². The molecule has 6 heteroatoms. The number of carbonyl (C=O) groups is 2. The lowest BCUT2D eigenvalue weighted by Gasteiger charge is -1.97. The minimum absolute atomic E-state index is 0.0768. The maximum Gasteiger partial charge on any atom is 0.395 e. The molecule has 0 spiro atoms. The Hall–Kier alpha value is -1.43. The third kappa shape index (κ3) is 2.31. The van der Waals surface area contributed by atoms with Crippen molar-refractivity contribution in [3.8, 4) is 0 Å². The van der Waals surface area contributed by atoms with Crippen molar-refractivity contribution in [2.45, 2.75) is 6.92 Å². The van der Waals surface area contributed by atoms with Gasteiger partial charge in [0.1, 0.15) is 0 Å². The van der Waals surface area contributed by atoms with Crippen molar-refractivity contribution in [2.24, 2.45) is 0 Å². The maximum atomic E-state index is 10.3. The van der Waals surface area contributed by atoms with E-state index in [9.17, 15) is 9.59 Å². The Morgan fingerprint density at radius 2 is 2.58 bits per heavy atom. The van der Waals surface area contributed by atoms with E-state index < -0.39 is 5.97 Å². The van der Waals surface area contributed by atoms with Crippen molar-refractivity contribution in [1.29, 1.82) is 0 Å². The Bertz CT molecular complexity index is 297. The van der Waals surface area contributed by atoms with Crippen molar-refractivity contribution >= 4 is 28.7 Å². The number of carbonyl (C=O) groups excluding carboxylic acids is 2. The molecular weight excluding hydrogens is 180 g/mol. The topological polar surface area (TPSA) is 68.3 Å². The Kier molecular flexibility index (Phi) is 2.76. The van der Waals surface area contributed by atoms with Crippen LogP contribution in [0.2, 0.25) is 0 Å². The van der Waals surface area contributed by atoms with Gasteiger partial charge in [0.25, 0.3) is 0 Å². The highest BCUT2D eigenvalue weighted by Gasteiger charge is 2.01. The number of nitrogens with zero attached hydrogens (tertiary/aromatic N) is 1. The van der Waals surface area contributed by atoms with E-state index >= 15 is 0 Å². The summed E-state index contributed by atoms with van der Waals surface area (Å²) in [5.74, 6) is -0.970. The average Bonchev–Trinajstić information content (AvgIpc) is 2.47. The van der Waals surface area contributed by atoms with E-state index in [1.165, 1.54) is 11.3 Å². The van der Waals surface area contributed by atoms with Crippen LogP contribution in [0.5, 0.6) is 0 Å². The fourth-order valence-corrected chi connectivity index (χ4v) is 1.12. The van der Waals surface area contributed by atoms with E-state index in [4.69, 9.17) is 0 Å². The van der Waals surface area contributed by atoms with Crippen molar-refractivity contribution in [1.82, 2.24) is 4.98 Å². The minimum Gasteiger partial charge on any atom is -0.333 e. The molecule has 1 N–H and O–H groups in total. The van der Waals surface area contributed by atoms with Gasteiger partial charge in [-0.05, 0) is 6.92 Å². The summed E-state index contributed by atoms with van der Waals surface area (Å²) >= 11 is 1.32. The zero-order valence-corrected chi connectivity index (χ0v) is 7.05. The molecule has 1 aromatic rings. The fraction of sp³-hybridized carbons (Fsp3) is 0.167. The van der Waals surface area contributed by atoms with Gasteiger partial charge in [-0.1, -0.05) is 11.3 Å². The quantitative estimate of drug-likeness (QED) is 0.423. The molecule has 0 unspecified atom stereocenters. The highest BCUT2D eigenvalue weighted by Crippen LogP contribution is 2.15. The monoisotopic (exact) mass is 186 g/mol. The second-order valence-corrected chi connectivity index (χ2v) is 3.15. The van der Waals surface area contributed by atoms with E-state index in [1.54, 1.807) is 6.20 Å². The number of aldehydes is 1. The third-order valence-electron chi connectivity index (χ3n) is 0.956. The van der Waals surface area contributed by atoms with Crippen LogP contribution >= 0.6 is 11.3 Å². The Morgan fingerprint density at radius 3 is 3.08 bits per heavy atom. The molecule has 1 aromatic heterocycles. The number of hydrogen-bond acceptors (Lipinski definition) is 6. The van der Waals surface area contributed by atoms with Crippen molar-refractivity contribution < 1.29 is 14.4 Å². The number of rotatable bonds is 3. The first kappa shape index (κ1) is 8.66. The minimum atomic E-state index is -0.970. The molecule has 0 saturated carbocycles. The Labute approximate surface area is 72.3 Å². The zero-order chi connectivity index (χ0) is 8.97. The molecule has 12 heavy (non-hydrogen) atoms. The molecule has 0 aliphatic rings. The van der Waals surface area contributed by atoms with E-state index in [2.05, 4.69) is 15.3 Å². The van der Waals surface area contributed by atoms with Crippen LogP contribution in [0.4, 0.5) is 5.13 Å². The molecule has 0 radical (unpaired) electrons. The van der Waals surface area contributed by atoms with Gasteiger partial charge < -0.3 is 4.84 Å². The number of nitrogens with one attached hydrogen (secondary N) is 1. The Morgan fingerprint density at radius 1 is 1.83 bits per heavy atom. The highest BCUT2D eigenvalue weighted by atomic mass is 32.1. The summed E-state index contributed by atoms with van der Waals surface area (Å²) in [4.78, 5) is 29.2. The molecule has 64 valence electrons. The largest absolute Gasteiger partial charge is 0.395 e. The van der Waals surface area contributed by atoms with Gasteiger partial charge in [0.15, 0.2) is 0 Å². The highest BCUT2D eigenvalue weighted by molar-refractivity contribution is 7.15. The van der Waals surface area contributed by atoms with Gasteiger partial charge in [0, 0.05) is 11.1 Å². The molecule has 1 rings (SSSR count). The van der Waals surface area contributed by atoms with E-state index in [1.807, 2.05) is 6.92 Å². The van der Waals surface area contributed by atoms with Crippen molar-refractivity contribution in [3.63, 3.8) is 0 Å². The average molecular weight is 186 g/mol. The predicted molar refractivity (Wildman–Crippen MR) is 42.6 cm³/mol. The summed E-state index contributed by atoms with van der Waals surface area (Å²) in [6.07, 6.45) is 1.70. The summed E-state index contributed by atoms with van der Waals surface area (Å²) in [6.45, 7) is 1.87. The molecule has 0 amide bonds. The summed E-state index contributed by atoms with van der Waals surface area (Å²) in [6, 6.07) is 0. The lowest BCUT2D eigenvalue weighted by atomic mass is 10.7. The summed E-state index contributed by atoms with van der Waals surface area (Å²) in [5.41, 5.74) is 2.24.